The van der Waals surface area contributed by atoms with Gasteiger partial charge >= 0.3 is 0 Å². The number of hydrogen-bond acceptors (Lipinski definition) is 4. The van der Waals surface area contributed by atoms with E-state index >= 15 is 0 Å². The molecule has 1 saturated carbocycles. The Labute approximate surface area is 201 Å². The average Bonchev–Trinajstić information content (AvgIpc) is 2.78. The van der Waals surface area contributed by atoms with E-state index in [0.717, 1.165) is 39.4 Å². The maximum Gasteiger partial charge on any atom is 0.246 e. The van der Waals surface area contributed by atoms with Gasteiger partial charge in [0, 0.05) is 37.4 Å². The lowest BCUT2D eigenvalue weighted by Crippen LogP contribution is -2.60. The van der Waals surface area contributed by atoms with Crippen LogP contribution >= 0.6 is 24.0 Å². The van der Waals surface area contributed by atoms with Gasteiger partial charge in [0.2, 0.25) is 5.91 Å². The summed E-state index contributed by atoms with van der Waals surface area (Å²) in [5, 5.41) is 9.46. The Morgan fingerprint density at radius 1 is 1.13 bits per heavy atom. The Balaban J connectivity index is 0.00000341. The number of guanidine groups is 1. The molecule has 31 heavy (non-hydrogen) atoms. The highest BCUT2D eigenvalue weighted by atomic mass is 127. The first-order valence-corrected chi connectivity index (χ1v) is 11.0. The highest BCUT2D eigenvalue weighted by molar-refractivity contribution is 14.0. The fraction of sp³-hybridized carbons (Fsp3) is 0.636. The molecule has 3 N–H and O–H groups in total. The predicted octanol–water partition coefficient (Wildman–Crippen LogP) is 2.97. The van der Waals surface area contributed by atoms with Gasteiger partial charge in [0.25, 0.3) is 0 Å². The Bertz CT molecular complexity index is 704. The molecule has 3 rings (SSSR count). The molecule has 1 aliphatic carbocycles. The topological polar surface area (TPSA) is 78.0 Å². The van der Waals surface area contributed by atoms with Crippen LogP contribution in [0.25, 0.3) is 0 Å². The van der Waals surface area contributed by atoms with E-state index in [-0.39, 0.29) is 47.8 Å². The molecule has 0 atom stereocenters. The third-order valence-electron chi connectivity index (χ3n) is 5.90. The van der Waals surface area contributed by atoms with Crippen molar-refractivity contribution < 1.29 is 13.9 Å². The Kier molecular flexibility index (Phi) is 11.0. The number of carbonyl (C=O) groups excluding carboxylic acids is 1. The number of benzene rings is 1. The summed E-state index contributed by atoms with van der Waals surface area (Å²) < 4.78 is 18.6. The van der Waals surface area contributed by atoms with Crippen LogP contribution in [0.1, 0.15) is 39.0 Å². The van der Waals surface area contributed by atoms with E-state index in [0.29, 0.717) is 11.6 Å². The summed E-state index contributed by atoms with van der Waals surface area (Å²) in [5.41, 5.74) is 0.678. The average molecular weight is 547 g/mol. The molecule has 1 aliphatic heterocycles. The summed E-state index contributed by atoms with van der Waals surface area (Å²) in [6.07, 6.45) is 6.12. The first-order valence-electron chi connectivity index (χ1n) is 11.0. The van der Waals surface area contributed by atoms with E-state index in [9.17, 15) is 9.18 Å². The van der Waals surface area contributed by atoms with Crippen molar-refractivity contribution in [1.29, 1.82) is 0 Å². The van der Waals surface area contributed by atoms with Crippen molar-refractivity contribution in [1.82, 2.24) is 15.5 Å². The van der Waals surface area contributed by atoms with E-state index in [4.69, 9.17) is 4.74 Å². The first kappa shape index (κ1) is 25.8. The van der Waals surface area contributed by atoms with Crippen LogP contribution in [0.3, 0.4) is 0 Å². The molecule has 0 radical (unpaired) electrons. The van der Waals surface area contributed by atoms with Crippen LogP contribution in [0, 0.1) is 5.82 Å². The molecule has 174 valence electrons. The number of carbonyl (C=O) groups is 1. The van der Waals surface area contributed by atoms with E-state index in [2.05, 4.69) is 25.8 Å². The van der Waals surface area contributed by atoms with Crippen LogP contribution in [-0.2, 0) is 9.53 Å². The zero-order valence-electron chi connectivity index (χ0n) is 18.3. The van der Waals surface area contributed by atoms with Gasteiger partial charge in [0.15, 0.2) is 5.96 Å². The maximum absolute atomic E-state index is 13.0. The normalized spacial score (nSPS) is 19.2. The second kappa shape index (κ2) is 13.2. The van der Waals surface area contributed by atoms with Crippen LogP contribution in [0.15, 0.2) is 29.3 Å². The fourth-order valence-corrected chi connectivity index (χ4v) is 4.33. The Morgan fingerprint density at radius 2 is 1.81 bits per heavy atom. The molecular weight excluding hydrogens is 512 g/mol. The number of amides is 1. The summed E-state index contributed by atoms with van der Waals surface area (Å²) in [6, 6.07) is 5.71. The van der Waals surface area contributed by atoms with Crippen LogP contribution in [0.4, 0.5) is 10.1 Å². The van der Waals surface area contributed by atoms with E-state index in [1.807, 2.05) is 6.92 Å². The monoisotopic (exact) mass is 547 g/mol. The molecule has 0 spiro atoms. The zero-order valence-corrected chi connectivity index (χ0v) is 20.6. The minimum atomic E-state index is -0.332. The van der Waals surface area contributed by atoms with Gasteiger partial charge in [-0.1, -0.05) is 19.3 Å². The quantitative estimate of drug-likeness (QED) is 0.278. The van der Waals surface area contributed by atoms with Crippen molar-refractivity contribution in [2.24, 2.45) is 4.99 Å². The van der Waals surface area contributed by atoms with Gasteiger partial charge in [0.05, 0.1) is 13.2 Å². The highest BCUT2D eigenvalue weighted by Crippen LogP contribution is 2.33. The lowest BCUT2D eigenvalue weighted by atomic mass is 9.80. The molecule has 1 amide bonds. The number of aliphatic imine (C=N–C) groups is 1. The number of morpholine rings is 1. The molecule has 2 aliphatic rings. The summed E-state index contributed by atoms with van der Waals surface area (Å²) >= 11 is 0. The second-order valence-electron chi connectivity index (χ2n) is 7.99. The number of ether oxygens (including phenoxy) is 1. The number of hydrogen-bond donors (Lipinski definition) is 3. The van der Waals surface area contributed by atoms with Crippen LogP contribution in [-0.4, -0.2) is 68.2 Å². The number of nitrogens with zero attached hydrogens (tertiary/aromatic N) is 2. The van der Waals surface area contributed by atoms with Crippen molar-refractivity contribution in [2.75, 3.05) is 51.3 Å². The smallest absolute Gasteiger partial charge is 0.246 e. The molecule has 1 aromatic rings. The van der Waals surface area contributed by atoms with E-state index < -0.39 is 0 Å². The number of halogens is 2. The number of nitrogens with one attached hydrogen (secondary N) is 3. The second-order valence-corrected chi connectivity index (χ2v) is 7.99. The Morgan fingerprint density at radius 3 is 2.45 bits per heavy atom. The lowest BCUT2D eigenvalue weighted by molar-refractivity contribution is -0.114. The Hall–Kier alpha value is -1.46. The molecule has 1 saturated heterocycles. The van der Waals surface area contributed by atoms with Crippen molar-refractivity contribution in [3.63, 3.8) is 0 Å². The molecular formula is C22H35FIN5O2. The standard InChI is InChI=1S/C22H34FN5O2.HI/c1-2-24-21(25-16-20(29)27-19-8-6-18(23)7-9-19)26-17-22(10-4-3-5-11-22)28-12-14-30-15-13-28;/h6-9H,2-5,10-17H2,1H3,(H,27,29)(H2,24,25,26);1H. The van der Waals surface area contributed by atoms with Gasteiger partial charge in [-0.25, -0.2) is 9.38 Å². The highest BCUT2D eigenvalue weighted by Gasteiger charge is 2.38. The van der Waals surface area contributed by atoms with Crippen LogP contribution in [0.2, 0.25) is 0 Å². The lowest BCUT2D eigenvalue weighted by Gasteiger charge is -2.48. The maximum atomic E-state index is 13.0. The largest absolute Gasteiger partial charge is 0.379 e. The third kappa shape index (κ3) is 7.87. The molecule has 0 aromatic heterocycles. The number of anilines is 1. The summed E-state index contributed by atoms with van der Waals surface area (Å²) in [6.45, 7) is 7.05. The molecule has 0 unspecified atom stereocenters. The predicted molar refractivity (Wildman–Crippen MR) is 133 cm³/mol. The summed E-state index contributed by atoms with van der Waals surface area (Å²) in [4.78, 5) is 19.3. The molecule has 9 heteroatoms. The van der Waals surface area contributed by atoms with Gasteiger partial charge < -0.3 is 20.7 Å². The van der Waals surface area contributed by atoms with Gasteiger partial charge in [-0.2, -0.15) is 0 Å². The molecule has 1 heterocycles. The minimum Gasteiger partial charge on any atom is -0.379 e. The van der Waals surface area contributed by atoms with Crippen LogP contribution < -0.4 is 16.0 Å². The van der Waals surface area contributed by atoms with E-state index in [1.165, 1.54) is 56.4 Å². The number of rotatable bonds is 7. The first-order chi connectivity index (χ1) is 14.6. The van der Waals surface area contributed by atoms with Gasteiger partial charge in [-0.15, -0.1) is 24.0 Å². The van der Waals surface area contributed by atoms with E-state index in [1.54, 1.807) is 0 Å². The summed E-state index contributed by atoms with van der Waals surface area (Å²) in [7, 11) is 0. The minimum absolute atomic E-state index is 0. The van der Waals surface area contributed by atoms with Crippen molar-refractivity contribution in [2.45, 2.75) is 44.6 Å². The van der Waals surface area contributed by atoms with Crippen LogP contribution in [0.5, 0.6) is 0 Å². The zero-order chi connectivity index (χ0) is 21.2. The summed E-state index contributed by atoms with van der Waals surface area (Å²) in [5.74, 6) is 0.0749. The van der Waals surface area contributed by atoms with Gasteiger partial charge in [0.1, 0.15) is 12.4 Å². The van der Waals surface area contributed by atoms with Gasteiger partial charge in [-0.05, 0) is 44.0 Å². The third-order valence-corrected chi connectivity index (χ3v) is 5.90. The van der Waals surface area contributed by atoms with Crippen molar-refractivity contribution >= 4 is 41.5 Å². The van der Waals surface area contributed by atoms with Gasteiger partial charge in [-0.3, -0.25) is 9.69 Å². The molecule has 2 fully saturated rings. The van der Waals surface area contributed by atoms with Crippen molar-refractivity contribution in [3.8, 4) is 0 Å². The molecule has 0 bridgehead atoms. The fourth-order valence-electron chi connectivity index (χ4n) is 4.33. The van der Waals surface area contributed by atoms with Crippen molar-refractivity contribution in [3.05, 3.63) is 30.1 Å². The molecule has 7 nitrogen and oxygen atoms in total. The molecule has 1 aromatic carbocycles. The SMILES string of the molecule is CCNC(=NCC(=O)Nc1ccc(F)cc1)NCC1(N2CCOCC2)CCCCC1.I.